The van der Waals surface area contributed by atoms with Gasteiger partial charge in [0.1, 0.15) is 0 Å². The summed E-state index contributed by atoms with van der Waals surface area (Å²) in [5, 5.41) is 1.20. The van der Waals surface area contributed by atoms with Crippen molar-refractivity contribution >= 4 is 29.4 Å². The molecular weight excluding hydrogens is 381 g/mol. The van der Waals surface area contributed by atoms with Crippen molar-refractivity contribution in [2.45, 2.75) is 20.8 Å². The van der Waals surface area contributed by atoms with Crippen molar-refractivity contribution in [2.24, 2.45) is 4.99 Å². The summed E-state index contributed by atoms with van der Waals surface area (Å²) in [5.74, 6) is 0. The third kappa shape index (κ3) is 8.33. The van der Waals surface area contributed by atoms with Gasteiger partial charge in [0.15, 0.2) is 0 Å². The number of fused-ring (bicyclic) bond motifs is 1. The van der Waals surface area contributed by atoms with Crippen LogP contribution in [0.4, 0.5) is 5.69 Å². The average Bonchev–Trinajstić information content (AvgIpc) is 2.64. The van der Waals surface area contributed by atoms with Crippen molar-refractivity contribution in [1.82, 2.24) is 4.98 Å². The molecule has 25 heavy (non-hydrogen) atoms. The maximum atomic E-state index is 4.18. The zero-order valence-corrected chi connectivity index (χ0v) is 18.6. The number of hydrogen-bond acceptors (Lipinski definition) is 2. The summed E-state index contributed by atoms with van der Waals surface area (Å²) in [6.07, 6.45) is 3.59. The zero-order valence-electron chi connectivity index (χ0n) is 15.7. The normalized spacial score (nSPS) is 8.28. The predicted octanol–water partition coefficient (Wildman–Crippen LogP) is 6.68. The van der Waals surface area contributed by atoms with E-state index >= 15 is 0 Å². The van der Waals surface area contributed by atoms with Crippen LogP contribution in [0.1, 0.15) is 25.0 Å². The van der Waals surface area contributed by atoms with Crippen molar-refractivity contribution in [3.63, 3.8) is 0 Å². The fourth-order valence-electron chi connectivity index (χ4n) is 1.98. The van der Waals surface area contributed by atoms with E-state index in [2.05, 4.69) is 35.4 Å². The van der Waals surface area contributed by atoms with Crippen molar-refractivity contribution in [2.75, 3.05) is 0 Å². The summed E-state index contributed by atoms with van der Waals surface area (Å²) in [6.45, 7) is 13.2. The molecule has 3 heteroatoms. The first-order valence-corrected chi connectivity index (χ1v) is 7.74. The third-order valence-electron chi connectivity index (χ3n) is 3.09. The molecule has 0 bridgehead atoms. The summed E-state index contributed by atoms with van der Waals surface area (Å²) in [7, 11) is 0. The van der Waals surface area contributed by atoms with Gasteiger partial charge in [-0.1, -0.05) is 62.9 Å². The molecular formula is C22H27N2Y-. The smallest absolute Gasteiger partial charge is 0.0701 e. The fraction of sp³-hybridized carbons (Fsp3) is 0.136. The van der Waals surface area contributed by atoms with Crippen LogP contribution in [0.5, 0.6) is 0 Å². The van der Waals surface area contributed by atoms with E-state index in [0.717, 1.165) is 16.8 Å². The Labute approximate surface area is 178 Å². The summed E-state index contributed by atoms with van der Waals surface area (Å²) in [6, 6.07) is 18.1. The van der Waals surface area contributed by atoms with Crippen molar-refractivity contribution < 1.29 is 32.7 Å². The van der Waals surface area contributed by atoms with Gasteiger partial charge in [0.25, 0.3) is 0 Å². The summed E-state index contributed by atoms with van der Waals surface area (Å²) < 4.78 is 0. The van der Waals surface area contributed by atoms with Gasteiger partial charge in [0.05, 0.1) is 11.2 Å². The number of aryl methyl sites for hydroxylation is 1. The van der Waals surface area contributed by atoms with Gasteiger partial charge in [-0.25, -0.2) is 0 Å². The van der Waals surface area contributed by atoms with Gasteiger partial charge in [-0.2, -0.15) is 0 Å². The molecule has 129 valence electrons. The zero-order chi connectivity index (χ0) is 17.1. The van der Waals surface area contributed by atoms with E-state index in [9.17, 15) is 0 Å². The van der Waals surface area contributed by atoms with Crippen LogP contribution in [0, 0.1) is 14.4 Å². The second kappa shape index (κ2) is 14.7. The van der Waals surface area contributed by atoms with Gasteiger partial charge in [-0.3, -0.25) is 9.98 Å². The van der Waals surface area contributed by atoms with E-state index in [-0.39, 0.29) is 40.1 Å². The molecule has 0 aliphatic carbocycles. The molecule has 0 spiro atoms. The molecule has 1 radical (unpaired) electrons. The van der Waals surface area contributed by atoms with Crippen LogP contribution in [0.2, 0.25) is 0 Å². The topological polar surface area (TPSA) is 25.2 Å². The van der Waals surface area contributed by atoms with Crippen molar-refractivity contribution in [1.29, 1.82) is 0 Å². The number of aliphatic imine (C=N–C) groups is 1. The molecule has 3 rings (SSSR count). The van der Waals surface area contributed by atoms with Gasteiger partial charge < -0.3 is 7.43 Å². The Morgan fingerprint density at radius 3 is 2.24 bits per heavy atom. The van der Waals surface area contributed by atoms with Crippen LogP contribution in [0.3, 0.4) is 0 Å². The Morgan fingerprint density at radius 1 is 1.00 bits per heavy atom. The number of hydrogen-bond donors (Lipinski definition) is 0. The van der Waals surface area contributed by atoms with E-state index in [4.69, 9.17) is 0 Å². The summed E-state index contributed by atoms with van der Waals surface area (Å²) >= 11 is 0. The number of nitrogens with zero attached hydrogens (tertiary/aromatic N) is 2. The van der Waals surface area contributed by atoms with E-state index in [1.54, 1.807) is 6.08 Å². The second-order valence-corrected chi connectivity index (χ2v) is 4.62. The first-order chi connectivity index (χ1) is 11.2. The quantitative estimate of drug-likeness (QED) is 0.343. The number of pyridine rings is 1. The summed E-state index contributed by atoms with van der Waals surface area (Å²) in [5.41, 5.74) is 4.19. The Hall–Kier alpha value is -1.64. The van der Waals surface area contributed by atoms with Crippen molar-refractivity contribution in [3.8, 4) is 0 Å². The molecule has 2 nitrogen and oxygen atoms in total. The Balaban J connectivity index is 0. The minimum atomic E-state index is 0. The number of benzene rings is 2. The Kier molecular flexibility index (Phi) is 15.0. The second-order valence-electron chi connectivity index (χ2n) is 4.62. The largest absolute Gasteiger partial charge is 0.358 e. The maximum absolute atomic E-state index is 4.18. The van der Waals surface area contributed by atoms with E-state index in [0.29, 0.717) is 0 Å². The molecule has 0 aliphatic rings. The molecule has 0 saturated heterocycles. The SMILES string of the molecule is C=Cc1ccc(C)cc1N=C.CC.[CH3-].[Y].c1ccc2ncccc2c1. The molecule has 0 unspecified atom stereocenters. The van der Waals surface area contributed by atoms with Gasteiger partial charge in [-0.05, 0) is 43.0 Å². The molecule has 0 amide bonds. The van der Waals surface area contributed by atoms with Crippen molar-refractivity contribution in [3.05, 3.63) is 85.9 Å². The molecule has 0 fully saturated rings. The Bertz CT molecular complexity index is 701. The Morgan fingerprint density at radius 2 is 1.64 bits per heavy atom. The number of rotatable bonds is 2. The monoisotopic (exact) mass is 408 g/mol. The molecule has 0 atom stereocenters. The fourth-order valence-corrected chi connectivity index (χ4v) is 1.98. The molecule has 1 aromatic heterocycles. The van der Waals surface area contributed by atoms with E-state index < -0.39 is 0 Å². The van der Waals surface area contributed by atoms with E-state index in [1.807, 2.05) is 69.4 Å². The van der Waals surface area contributed by atoms with Crippen LogP contribution < -0.4 is 0 Å². The minimum absolute atomic E-state index is 0. The molecule has 1 heterocycles. The van der Waals surface area contributed by atoms with Crippen LogP contribution in [0.15, 0.2) is 72.4 Å². The predicted molar refractivity (Wildman–Crippen MR) is 110 cm³/mol. The third-order valence-corrected chi connectivity index (χ3v) is 3.09. The molecule has 0 saturated carbocycles. The number of para-hydroxylation sites is 1. The van der Waals surface area contributed by atoms with Gasteiger partial charge in [-0.15, -0.1) is 0 Å². The van der Waals surface area contributed by atoms with Crippen LogP contribution in [-0.4, -0.2) is 11.7 Å². The van der Waals surface area contributed by atoms with Crippen LogP contribution >= 0.6 is 0 Å². The minimum Gasteiger partial charge on any atom is -0.358 e. The molecule has 3 aromatic rings. The molecule has 2 aromatic carbocycles. The molecule has 0 aliphatic heterocycles. The van der Waals surface area contributed by atoms with E-state index in [1.165, 1.54) is 10.9 Å². The van der Waals surface area contributed by atoms with Crippen LogP contribution in [0.25, 0.3) is 17.0 Å². The van der Waals surface area contributed by atoms with Crippen LogP contribution in [-0.2, 0) is 32.7 Å². The van der Waals surface area contributed by atoms with Gasteiger partial charge in [0, 0.05) is 44.3 Å². The first-order valence-electron chi connectivity index (χ1n) is 7.74. The van der Waals surface area contributed by atoms with Gasteiger partial charge >= 0.3 is 0 Å². The molecule has 0 N–H and O–H groups in total. The number of aromatic nitrogens is 1. The first kappa shape index (κ1) is 25.6. The average molecular weight is 408 g/mol. The summed E-state index contributed by atoms with van der Waals surface area (Å²) in [4.78, 5) is 8.06. The van der Waals surface area contributed by atoms with Gasteiger partial charge in [0.2, 0.25) is 0 Å². The standard InChI is InChI=1S/C10H11N.C9H7N.C2H6.CH3.Y/c1-4-9-6-5-8(2)7-10(9)11-3;1-2-6-9-8(4-1)5-3-7-10-9;1-2;;/h4-7H,1,3H2,2H3;1-7H;1-2H3;1H3;/q;;;-1;. The maximum Gasteiger partial charge on any atom is 0.0701 e.